The van der Waals surface area contributed by atoms with E-state index in [1.54, 1.807) is 19.2 Å². The minimum atomic E-state index is -0.356. The van der Waals surface area contributed by atoms with Gasteiger partial charge in [0.1, 0.15) is 12.4 Å². The molecule has 0 bridgehead atoms. The lowest BCUT2D eigenvalue weighted by Gasteiger charge is -2.05. The van der Waals surface area contributed by atoms with E-state index in [1.807, 2.05) is 0 Å². The van der Waals surface area contributed by atoms with Crippen molar-refractivity contribution in [2.45, 2.75) is 6.92 Å². The maximum absolute atomic E-state index is 11.0. The number of aliphatic imine (C=N–C) groups is 1. The van der Waals surface area contributed by atoms with Crippen LogP contribution in [0.4, 0.5) is 0 Å². The van der Waals surface area contributed by atoms with E-state index >= 15 is 0 Å². The standard InChI is InChI=1S/C7H10N2O2/c1-2-11-7(10)6-3-4-8-5-9-6/h3-4,8H,2,5H2,1H3. The number of esters is 1. The van der Waals surface area contributed by atoms with E-state index in [4.69, 9.17) is 4.74 Å². The summed E-state index contributed by atoms with van der Waals surface area (Å²) < 4.78 is 4.73. The molecular formula is C7H10N2O2. The highest BCUT2D eigenvalue weighted by atomic mass is 16.5. The maximum atomic E-state index is 11.0. The van der Waals surface area contributed by atoms with Crippen molar-refractivity contribution >= 4 is 11.7 Å². The van der Waals surface area contributed by atoms with Gasteiger partial charge < -0.3 is 10.1 Å². The van der Waals surface area contributed by atoms with Crippen LogP contribution in [0.1, 0.15) is 6.92 Å². The lowest BCUT2D eigenvalue weighted by molar-refractivity contribution is -0.134. The molecule has 0 unspecified atom stereocenters. The molecule has 0 aromatic rings. The van der Waals surface area contributed by atoms with E-state index in [1.165, 1.54) is 0 Å². The van der Waals surface area contributed by atoms with Crippen molar-refractivity contribution in [3.8, 4) is 0 Å². The van der Waals surface area contributed by atoms with Gasteiger partial charge >= 0.3 is 5.97 Å². The van der Waals surface area contributed by atoms with Crippen molar-refractivity contribution in [1.82, 2.24) is 5.32 Å². The van der Waals surface area contributed by atoms with Gasteiger partial charge in [-0.25, -0.2) is 4.79 Å². The van der Waals surface area contributed by atoms with E-state index in [2.05, 4.69) is 10.3 Å². The van der Waals surface area contributed by atoms with Crippen LogP contribution >= 0.6 is 0 Å². The summed E-state index contributed by atoms with van der Waals surface area (Å²) in [5, 5.41) is 2.84. The summed E-state index contributed by atoms with van der Waals surface area (Å²) in [6, 6.07) is 0. The van der Waals surface area contributed by atoms with E-state index in [0.717, 1.165) is 0 Å². The van der Waals surface area contributed by atoms with Crippen molar-refractivity contribution in [2.75, 3.05) is 13.3 Å². The Hall–Kier alpha value is -1.32. The molecule has 1 aliphatic heterocycles. The van der Waals surface area contributed by atoms with E-state index < -0.39 is 0 Å². The van der Waals surface area contributed by atoms with E-state index in [-0.39, 0.29) is 5.97 Å². The van der Waals surface area contributed by atoms with E-state index in [9.17, 15) is 4.79 Å². The summed E-state index contributed by atoms with van der Waals surface area (Å²) in [4.78, 5) is 14.9. The van der Waals surface area contributed by atoms with Gasteiger partial charge in [0.25, 0.3) is 0 Å². The number of nitrogens with one attached hydrogen (secondary N) is 1. The van der Waals surface area contributed by atoms with Gasteiger partial charge in [0.05, 0.1) is 6.61 Å². The zero-order valence-corrected chi connectivity index (χ0v) is 6.33. The Morgan fingerprint density at radius 3 is 3.27 bits per heavy atom. The van der Waals surface area contributed by atoms with Crippen LogP contribution in [0.25, 0.3) is 0 Å². The summed E-state index contributed by atoms with van der Waals surface area (Å²) in [6.45, 7) is 2.60. The van der Waals surface area contributed by atoms with Gasteiger partial charge in [0.15, 0.2) is 0 Å². The highest BCUT2D eigenvalue weighted by Crippen LogP contribution is 1.91. The molecule has 11 heavy (non-hydrogen) atoms. The van der Waals surface area contributed by atoms with Gasteiger partial charge in [-0.05, 0) is 13.0 Å². The third-order valence-corrected chi connectivity index (χ3v) is 1.18. The Labute approximate surface area is 65.0 Å². The Morgan fingerprint density at radius 2 is 2.73 bits per heavy atom. The smallest absolute Gasteiger partial charge is 0.356 e. The van der Waals surface area contributed by atoms with Crippen LogP contribution in [-0.2, 0) is 9.53 Å². The molecule has 0 aliphatic carbocycles. The zero-order valence-electron chi connectivity index (χ0n) is 6.33. The van der Waals surface area contributed by atoms with Gasteiger partial charge in [0, 0.05) is 6.20 Å². The molecule has 0 atom stereocenters. The molecular weight excluding hydrogens is 144 g/mol. The third kappa shape index (κ3) is 2.07. The third-order valence-electron chi connectivity index (χ3n) is 1.18. The van der Waals surface area contributed by atoms with Crippen LogP contribution in [-0.4, -0.2) is 25.0 Å². The van der Waals surface area contributed by atoms with Gasteiger partial charge in [-0.15, -0.1) is 0 Å². The zero-order chi connectivity index (χ0) is 8.10. The van der Waals surface area contributed by atoms with Gasteiger partial charge in [0.2, 0.25) is 0 Å². The molecule has 0 aromatic carbocycles. The molecule has 0 aromatic heterocycles. The first kappa shape index (κ1) is 7.78. The van der Waals surface area contributed by atoms with Gasteiger partial charge in [-0.2, -0.15) is 0 Å². The maximum Gasteiger partial charge on any atom is 0.356 e. The molecule has 0 saturated carbocycles. The summed E-state index contributed by atoms with van der Waals surface area (Å²) in [6.07, 6.45) is 3.28. The lowest BCUT2D eigenvalue weighted by atomic mass is 10.3. The average Bonchev–Trinajstić information content (AvgIpc) is 2.07. The van der Waals surface area contributed by atoms with Crippen LogP contribution in [0.2, 0.25) is 0 Å². The summed E-state index contributed by atoms with van der Waals surface area (Å²) in [7, 11) is 0. The fourth-order valence-electron chi connectivity index (χ4n) is 0.712. The number of nitrogens with zero attached hydrogens (tertiary/aromatic N) is 1. The average molecular weight is 154 g/mol. The molecule has 1 heterocycles. The van der Waals surface area contributed by atoms with Crippen LogP contribution in [0.15, 0.2) is 17.3 Å². The van der Waals surface area contributed by atoms with Crippen LogP contribution in [0.3, 0.4) is 0 Å². The van der Waals surface area contributed by atoms with Crippen molar-refractivity contribution < 1.29 is 9.53 Å². The predicted octanol–water partition coefficient (Wildman–Crippen LogP) is 0.0649. The summed E-state index contributed by atoms with van der Waals surface area (Å²) >= 11 is 0. The first-order valence-electron chi connectivity index (χ1n) is 3.46. The molecule has 60 valence electrons. The Bertz CT molecular complexity index is 208. The molecule has 4 heteroatoms. The summed E-state index contributed by atoms with van der Waals surface area (Å²) in [5.41, 5.74) is 0.380. The first-order valence-corrected chi connectivity index (χ1v) is 3.46. The van der Waals surface area contributed by atoms with Crippen molar-refractivity contribution in [1.29, 1.82) is 0 Å². The quantitative estimate of drug-likeness (QED) is 0.572. The number of carbonyl (C=O) groups is 1. The van der Waals surface area contributed by atoms with Crippen molar-refractivity contribution in [3.05, 3.63) is 12.3 Å². The second-order valence-electron chi connectivity index (χ2n) is 1.96. The molecule has 1 aliphatic rings. The van der Waals surface area contributed by atoms with Crippen molar-refractivity contribution in [2.24, 2.45) is 4.99 Å². The summed E-state index contributed by atoms with van der Waals surface area (Å²) in [5.74, 6) is -0.356. The minimum absolute atomic E-state index is 0.356. The Kier molecular flexibility index (Phi) is 2.66. The second kappa shape index (κ2) is 3.75. The lowest BCUT2D eigenvalue weighted by Crippen LogP contribution is -2.22. The molecule has 0 fully saturated rings. The van der Waals surface area contributed by atoms with Crippen LogP contribution in [0.5, 0.6) is 0 Å². The van der Waals surface area contributed by atoms with Gasteiger partial charge in [-0.1, -0.05) is 0 Å². The van der Waals surface area contributed by atoms with E-state index in [0.29, 0.717) is 19.0 Å². The van der Waals surface area contributed by atoms with Crippen molar-refractivity contribution in [3.63, 3.8) is 0 Å². The number of hydrogen-bond donors (Lipinski definition) is 1. The SMILES string of the molecule is CCOC(=O)C1=NCNC=C1. The molecule has 4 nitrogen and oxygen atoms in total. The number of hydrogen-bond acceptors (Lipinski definition) is 4. The van der Waals surface area contributed by atoms with Crippen LogP contribution in [0, 0.1) is 0 Å². The molecule has 0 saturated heterocycles. The monoisotopic (exact) mass is 154 g/mol. The molecule has 1 N–H and O–H groups in total. The molecule has 0 spiro atoms. The normalized spacial score (nSPS) is 15.2. The molecule has 0 amide bonds. The number of carbonyl (C=O) groups excluding carboxylic acids is 1. The topological polar surface area (TPSA) is 50.7 Å². The second-order valence-corrected chi connectivity index (χ2v) is 1.96. The predicted molar refractivity (Wildman–Crippen MR) is 41.2 cm³/mol. The fourth-order valence-corrected chi connectivity index (χ4v) is 0.712. The number of rotatable bonds is 2. The largest absolute Gasteiger partial charge is 0.461 e. The molecule has 0 radical (unpaired) electrons. The molecule has 1 rings (SSSR count). The number of ether oxygens (including phenoxy) is 1. The highest BCUT2D eigenvalue weighted by Gasteiger charge is 2.09. The first-order chi connectivity index (χ1) is 5.34. The Morgan fingerprint density at radius 1 is 1.91 bits per heavy atom. The fraction of sp³-hybridized carbons (Fsp3) is 0.429. The minimum Gasteiger partial charge on any atom is -0.461 e. The highest BCUT2D eigenvalue weighted by molar-refractivity contribution is 6.41. The Balaban J connectivity index is 2.52. The van der Waals surface area contributed by atoms with Crippen LogP contribution < -0.4 is 5.32 Å². The van der Waals surface area contributed by atoms with Gasteiger partial charge in [-0.3, -0.25) is 4.99 Å².